The molecule has 94 valence electrons. The number of ketones is 1. The molecule has 3 atom stereocenters. The first-order chi connectivity index (χ1) is 8.34. The molecule has 2 fully saturated rings. The first-order valence-electron chi connectivity index (χ1n) is 6.98. The monoisotopic (exact) mass is 235 g/mol. The third-order valence-corrected chi connectivity index (χ3v) is 4.41. The fraction of sp³-hybridized carbons (Fsp3) is 0.786. The molecule has 0 bridgehead atoms. The van der Waals surface area contributed by atoms with Gasteiger partial charge in [0.2, 0.25) is 5.78 Å². The first-order valence-corrected chi connectivity index (χ1v) is 6.98. The number of rotatable bonds is 2. The van der Waals surface area contributed by atoms with Crippen LogP contribution in [0.1, 0.15) is 44.9 Å². The number of Topliss-reactive ketones (excluding diaryl/α,β-unsaturated/α-hetero) is 1. The minimum atomic E-state index is 0.0127. The molecule has 1 saturated carbocycles. The van der Waals surface area contributed by atoms with E-state index in [0.29, 0.717) is 18.4 Å². The number of hydrogen-bond donors (Lipinski definition) is 1. The van der Waals surface area contributed by atoms with E-state index in [1.165, 1.54) is 32.1 Å². The molecule has 3 nitrogen and oxygen atoms in total. The highest BCUT2D eigenvalue weighted by Gasteiger charge is 2.36. The van der Waals surface area contributed by atoms with E-state index in [2.05, 4.69) is 5.32 Å². The van der Waals surface area contributed by atoms with Crippen molar-refractivity contribution in [2.24, 2.45) is 5.92 Å². The van der Waals surface area contributed by atoms with Crippen molar-refractivity contribution >= 4 is 5.78 Å². The lowest BCUT2D eigenvalue weighted by atomic mass is 9.77. The van der Waals surface area contributed by atoms with Crippen LogP contribution >= 0.6 is 0 Å². The molecule has 2 aliphatic heterocycles. The van der Waals surface area contributed by atoms with Crippen LogP contribution in [-0.4, -0.2) is 24.5 Å². The second-order valence-corrected chi connectivity index (χ2v) is 5.52. The Kier molecular flexibility index (Phi) is 3.19. The van der Waals surface area contributed by atoms with Crippen LogP contribution in [-0.2, 0) is 9.53 Å². The molecule has 3 aliphatic rings. The van der Waals surface area contributed by atoms with E-state index in [9.17, 15) is 4.79 Å². The Morgan fingerprint density at radius 3 is 2.94 bits per heavy atom. The molecule has 0 radical (unpaired) electrons. The lowest BCUT2D eigenvalue weighted by Gasteiger charge is -2.39. The van der Waals surface area contributed by atoms with Crippen molar-refractivity contribution in [1.29, 1.82) is 0 Å². The van der Waals surface area contributed by atoms with Crippen molar-refractivity contribution in [2.45, 2.75) is 57.0 Å². The highest BCUT2D eigenvalue weighted by Crippen LogP contribution is 2.33. The summed E-state index contributed by atoms with van der Waals surface area (Å²) in [5.74, 6) is 1.61. The summed E-state index contributed by atoms with van der Waals surface area (Å²) in [4.78, 5) is 12.2. The number of carbonyl (C=O) groups excluding carboxylic acids is 1. The molecule has 1 saturated heterocycles. The van der Waals surface area contributed by atoms with Gasteiger partial charge in [0.25, 0.3) is 0 Å². The van der Waals surface area contributed by atoms with Gasteiger partial charge in [0, 0.05) is 12.5 Å². The van der Waals surface area contributed by atoms with Crippen LogP contribution in [0.15, 0.2) is 11.8 Å². The zero-order valence-corrected chi connectivity index (χ0v) is 10.3. The highest BCUT2D eigenvalue weighted by molar-refractivity contribution is 5.98. The number of piperidine rings is 1. The maximum atomic E-state index is 12.2. The molecule has 3 unspecified atom stereocenters. The molecule has 0 amide bonds. The van der Waals surface area contributed by atoms with Gasteiger partial charge in [-0.1, -0.05) is 12.8 Å². The maximum absolute atomic E-state index is 12.2. The fourth-order valence-electron chi connectivity index (χ4n) is 3.46. The van der Waals surface area contributed by atoms with E-state index in [-0.39, 0.29) is 11.8 Å². The highest BCUT2D eigenvalue weighted by atomic mass is 16.5. The summed E-state index contributed by atoms with van der Waals surface area (Å²) in [5, 5.41) is 3.56. The third kappa shape index (κ3) is 2.25. The van der Waals surface area contributed by atoms with Crippen LogP contribution in [0.25, 0.3) is 0 Å². The van der Waals surface area contributed by atoms with Gasteiger partial charge in [-0.25, -0.2) is 0 Å². The molecule has 0 aromatic rings. The first kappa shape index (κ1) is 11.3. The predicted molar refractivity (Wildman–Crippen MR) is 65.6 cm³/mol. The molecule has 3 rings (SSSR count). The minimum absolute atomic E-state index is 0.0127. The van der Waals surface area contributed by atoms with Crippen LogP contribution in [0.3, 0.4) is 0 Å². The summed E-state index contributed by atoms with van der Waals surface area (Å²) in [6.45, 7) is 0.680. The quantitative estimate of drug-likeness (QED) is 0.797. The second-order valence-electron chi connectivity index (χ2n) is 5.52. The molecule has 17 heavy (non-hydrogen) atoms. The van der Waals surface area contributed by atoms with Gasteiger partial charge in [-0.15, -0.1) is 0 Å². The Bertz CT molecular complexity index is 337. The summed E-state index contributed by atoms with van der Waals surface area (Å²) >= 11 is 0. The van der Waals surface area contributed by atoms with E-state index in [1.54, 1.807) is 0 Å². The summed E-state index contributed by atoms with van der Waals surface area (Å²) in [5.41, 5.74) is 0. The topological polar surface area (TPSA) is 38.3 Å². The van der Waals surface area contributed by atoms with Crippen molar-refractivity contribution in [3.63, 3.8) is 0 Å². The average molecular weight is 235 g/mol. The second kappa shape index (κ2) is 4.81. The number of nitrogens with one attached hydrogen (secondary N) is 1. The summed E-state index contributed by atoms with van der Waals surface area (Å²) in [6.07, 6.45) is 10.3. The lowest BCUT2D eigenvalue weighted by molar-refractivity contribution is -0.121. The molecule has 0 spiro atoms. The Labute approximate surface area is 103 Å². The summed E-state index contributed by atoms with van der Waals surface area (Å²) in [6, 6.07) is 0.590. The molecule has 3 heteroatoms. The summed E-state index contributed by atoms with van der Waals surface area (Å²) in [7, 11) is 0. The van der Waals surface area contributed by atoms with Crippen LogP contribution in [0.2, 0.25) is 0 Å². The van der Waals surface area contributed by atoms with Crippen LogP contribution < -0.4 is 5.32 Å². The van der Waals surface area contributed by atoms with Crippen molar-refractivity contribution in [2.75, 3.05) is 6.61 Å². The lowest BCUT2D eigenvalue weighted by Crippen LogP contribution is -2.52. The van der Waals surface area contributed by atoms with Crippen LogP contribution in [0.5, 0.6) is 0 Å². The van der Waals surface area contributed by atoms with Gasteiger partial charge in [0.1, 0.15) is 0 Å². The van der Waals surface area contributed by atoms with E-state index < -0.39 is 0 Å². The van der Waals surface area contributed by atoms with Crippen molar-refractivity contribution in [3.8, 4) is 0 Å². The fourth-order valence-corrected chi connectivity index (χ4v) is 3.46. The van der Waals surface area contributed by atoms with E-state index in [1.807, 2.05) is 6.08 Å². The molecule has 0 aromatic heterocycles. The Balaban J connectivity index is 1.63. The summed E-state index contributed by atoms with van der Waals surface area (Å²) < 4.78 is 5.38. The van der Waals surface area contributed by atoms with Gasteiger partial charge < -0.3 is 10.1 Å². The van der Waals surface area contributed by atoms with Crippen LogP contribution in [0.4, 0.5) is 0 Å². The normalized spacial score (nSPS) is 36.9. The number of carbonyl (C=O) groups is 1. The predicted octanol–water partition coefficient (Wildman–Crippen LogP) is 2.17. The molecule has 1 N–H and O–H groups in total. The molecular weight excluding hydrogens is 214 g/mol. The zero-order valence-electron chi connectivity index (χ0n) is 10.3. The minimum Gasteiger partial charge on any atom is -0.490 e. The smallest absolute Gasteiger partial charge is 0.213 e. The van der Waals surface area contributed by atoms with E-state index in [0.717, 1.165) is 18.8 Å². The Hall–Kier alpha value is -0.830. The van der Waals surface area contributed by atoms with Crippen LogP contribution in [0, 0.1) is 5.92 Å². The van der Waals surface area contributed by atoms with Crippen molar-refractivity contribution in [1.82, 2.24) is 5.32 Å². The number of hydrogen-bond acceptors (Lipinski definition) is 3. The van der Waals surface area contributed by atoms with Crippen molar-refractivity contribution in [3.05, 3.63) is 11.8 Å². The standard InChI is InChI=1S/C14H21NO2/c16-14(13-6-3-9-17-13)12-8-7-10-4-1-2-5-11(10)15-12/h6,10-12,15H,1-5,7-9H2. The molecular formula is C14H21NO2. The SMILES string of the molecule is O=C(C1=CCCO1)C1CCC2CCCCC2N1. The van der Waals surface area contributed by atoms with Gasteiger partial charge in [-0.2, -0.15) is 0 Å². The molecule has 0 aromatic carbocycles. The Morgan fingerprint density at radius 1 is 1.24 bits per heavy atom. The number of fused-ring (bicyclic) bond motifs is 1. The molecule has 2 heterocycles. The Morgan fingerprint density at radius 2 is 2.12 bits per heavy atom. The largest absolute Gasteiger partial charge is 0.490 e. The van der Waals surface area contributed by atoms with Gasteiger partial charge in [-0.05, 0) is 37.7 Å². The average Bonchev–Trinajstić information content (AvgIpc) is 2.91. The zero-order chi connectivity index (χ0) is 11.7. The van der Waals surface area contributed by atoms with Gasteiger partial charge in [0.05, 0.1) is 12.6 Å². The molecule has 1 aliphatic carbocycles. The van der Waals surface area contributed by atoms with Crippen molar-refractivity contribution < 1.29 is 9.53 Å². The van der Waals surface area contributed by atoms with Gasteiger partial charge in [0.15, 0.2) is 5.76 Å². The van der Waals surface area contributed by atoms with E-state index >= 15 is 0 Å². The van der Waals surface area contributed by atoms with E-state index in [4.69, 9.17) is 4.74 Å². The maximum Gasteiger partial charge on any atom is 0.213 e. The van der Waals surface area contributed by atoms with Gasteiger partial charge in [-0.3, -0.25) is 4.79 Å². The third-order valence-electron chi connectivity index (χ3n) is 4.41. The number of ether oxygens (including phenoxy) is 1. The van der Waals surface area contributed by atoms with Gasteiger partial charge >= 0.3 is 0 Å².